The molecule has 0 heterocycles. The van der Waals surface area contributed by atoms with Crippen LogP contribution in [0.15, 0.2) is 48.6 Å². The number of allylic oxidation sites excluding steroid dienone is 1. The highest BCUT2D eigenvalue weighted by Gasteiger charge is 2.12. The van der Waals surface area contributed by atoms with Gasteiger partial charge in [0, 0.05) is 12.5 Å². The third-order valence-corrected chi connectivity index (χ3v) is 2.72. The molecule has 0 saturated carbocycles. The van der Waals surface area contributed by atoms with Crippen LogP contribution in [0.2, 0.25) is 0 Å². The Hall–Kier alpha value is -1.83. The van der Waals surface area contributed by atoms with E-state index in [9.17, 15) is 4.79 Å². The van der Waals surface area contributed by atoms with Gasteiger partial charge in [-0.3, -0.25) is 0 Å². The van der Waals surface area contributed by atoms with Gasteiger partial charge >= 0.3 is 5.97 Å². The Morgan fingerprint density at radius 3 is 2.76 bits per heavy atom. The molecule has 0 radical (unpaired) electrons. The van der Waals surface area contributed by atoms with Gasteiger partial charge in [0.2, 0.25) is 0 Å². The number of hydrogen-bond acceptors (Lipinski definition) is 2. The fourth-order valence-corrected chi connectivity index (χ4v) is 1.80. The second-order valence-corrected chi connectivity index (χ2v) is 4.09. The Morgan fingerprint density at radius 2 is 2.06 bits per heavy atom. The molecule has 2 nitrogen and oxygen atoms in total. The van der Waals surface area contributed by atoms with Crippen LogP contribution < -0.4 is 0 Å². The summed E-state index contributed by atoms with van der Waals surface area (Å²) in [6.45, 7) is 0. The van der Waals surface area contributed by atoms with E-state index in [-0.39, 0.29) is 12.1 Å². The molecule has 0 aliphatic heterocycles. The molecule has 0 fully saturated rings. The maximum absolute atomic E-state index is 11.6. The van der Waals surface area contributed by atoms with Crippen molar-refractivity contribution in [1.82, 2.24) is 0 Å². The summed E-state index contributed by atoms with van der Waals surface area (Å²) in [6, 6.07) is 9.73. The van der Waals surface area contributed by atoms with E-state index in [2.05, 4.69) is 12.2 Å². The van der Waals surface area contributed by atoms with E-state index >= 15 is 0 Å². The average Bonchev–Trinajstić information content (AvgIpc) is 2.39. The molecule has 1 aromatic rings. The molecule has 0 N–H and O–H groups in total. The predicted octanol–water partition coefficient (Wildman–Crippen LogP) is 3.35. The molecule has 88 valence electrons. The zero-order valence-corrected chi connectivity index (χ0v) is 9.71. The second-order valence-electron chi connectivity index (χ2n) is 4.09. The first kappa shape index (κ1) is 11.6. The normalized spacial score (nSPS) is 19.4. The Morgan fingerprint density at radius 1 is 1.24 bits per heavy atom. The molecule has 1 aliphatic rings. The number of benzene rings is 1. The highest BCUT2D eigenvalue weighted by Crippen LogP contribution is 2.14. The molecule has 1 atom stereocenters. The van der Waals surface area contributed by atoms with Crippen molar-refractivity contribution in [2.45, 2.75) is 25.4 Å². The van der Waals surface area contributed by atoms with E-state index in [1.165, 1.54) is 6.08 Å². The van der Waals surface area contributed by atoms with Crippen molar-refractivity contribution in [3.63, 3.8) is 0 Å². The van der Waals surface area contributed by atoms with Crippen molar-refractivity contribution < 1.29 is 9.53 Å². The third-order valence-electron chi connectivity index (χ3n) is 2.72. The van der Waals surface area contributed by atoms with E-state index in [0.717, 1.165) is 24.8 Å². The van der Waals surface area contributed by atoms with Crippen molar-refractivity contribution >= 4 is 12.0 Å². The largest absolute Gasteiger partial charge is 0.459 e. The van der Waals surface area contributed by atoms with Gasteiger partial charge in [0.1, 0.15) is 6.10 Å². The Labute approximate surface area is 102 Å². The maximum Gasteiger partial charge on any atom is 0.331 e. The van der Waals surface area contributed by atoms with Crippen LogP contribution in [-0.4, -0.2) is 12.1 Å². The molecule has 17 heavy (non-hydrogen) atoms. The van der Waals surface area contributed by atoms with Gasteiger partial charge in [0.15, 0.2) is 0 Å². The van der Waals surface area contributed by atoms with Crippen LogP contribution in [0.25, 0.3) is 6.08 Å². The summed E-state index contributed by atoms with van der Waals surface area (Å²) in [7, 11) is 0. The molecule has 1 aliphatic carbocycles. The predicted molar refractivity (Wildman–Crippen MR) is 68.3 cm³/mol. The first-order valence-electron chi connectivity index (χ1n) is 5.93. The van der Waals surface area contributed by atoms with Crippen LogP contribution in [0.4, 0.5) is 0 Å². The molecular formula is C15H16O2. The Kier molecular flexibility index (Phi) is 4.14. The van der Waals surface area contributed by atoms with Crippen molar-refractivity contribution in [3.8, 4) is 0 Å². The van der Waals surface area contributed by atoms with E-state index in [1.54, 1.807) is 6.08 Å². The second kappa shape index (κ2) is 6.04. The molecule has 1 unspecified atom stereocenters. The summed E-state index contributed by atoms with van der Waals surface area (Å²) in [5.74, 6) is -0.255. The highest BCUT2D eigenvalue weighted by molar-refractivity contribution is 5.87. The number of ether oxygens (including phenoxy) is 1. The minimum absolute atomic E-state index is 0.0490. The van der Waals surface area contributed by atoms with Crippen LogP contribution in [-0.2, 0) is 9.53 Å². The molecule has 0 bridgehead atoms. The molecule has 0 spiro atoms. The molecule has 2 rings (SSSR count). The standard InChI is InChI=1S/C15H16O2/c16-15(17-14-9-5-2-6-10-14)12-11-13-7-3-1-4-8-13/h1-5,7-8,11-12,14H,6,9-10H2/b12-11+. The molecular weight excluding hydrogens is 212 g/mol. The number of esters is 1. The molecule has 1 aromatic carbocycles. The first-order chi connectivity index (χ1) is 8.34. The Balaban J connectivity index is 1.85. The lowest BCUT2D eigenvalue weighted by atomic mass is 10.1. The fraction of sp³-hybridized carbons (Fsp3) is 0.267. The summed E-state index contributed by atoms with van der Waals surface area (Å²) in [5, 5.41) is 0. The van der Waals surface area contributed by atoms with Gasteiger partial charge in [-0.15, -0.1) is 0 Å². The topological polar surface area (TPSA) is 26.3 Å². The summed E-state index contributed by atoms with van der Waals surface area (Å²) < 4.78 is 5.34. The van der Waals surface area contributed by atoms with Crippen LogP contribution in [0, 0.1) is 0 Å². The maximum atomic E-state index is 11.6. The zero-order valence-electron chi connectivity index (χ0n) is 9.71. The summed E-state index contributed by atoms with van der Waals surface area (Å²) >= 11 is 0. The van der Waals surface area contributed by atoms with E-state index in [0.29, 0.717) is 0 Å². The first-order valence-corrected chi connectivity index (χ1v) is 5.93. The van der Waals surface area contributed by atoms with Crippen molar-refractivity contribution in [2.24, 2.45) is 0 Å². The molecule has 0 amide bonds. The lowest BCUT2D eigenvalue weighted by Gasteiger charge is -2.17. The number of carbonyl (C=O) groups is 1. The van der Waals surface area contributed by atoms with E-state index in [1.807, 2.05) is 30.3 Å². The van der Waals surface area contributed by atoms with E-state index in [4.69, 9.17) is 4.74 Å². The van der Waals surface area contributed by atoms with Crippen LogP contribution in [0.5, 0.6) is 0 Å². The molecule has 0 aromatic heterocycles. The summed E-state index contributed by atoms with van der Waals surface area (Å²) in [5.41, 5.74) is 1.01. The zero-order chi connectivity index (χ0) is 11.9. The SMILES string of the molecule is O=C(/C=C/c1ccccc1)OC1CC=CCC1. The monoisotopic (exact) mass is 228 g/mol. The smallest absolute Gasteiger partial charge is 0.331 e. The van der Waals surface area contributed by atoms with Gasteiger partial charge in [-0.25, -0.2) is 4.79 Å². The molecule has 2 heteroatoms. The fourth-order valence-electron chi connectivity index (χ4n) is 1.80. The lowest BCUT2D eigenvalue weighted by molar-refractivity contribution is -0.143. The van der Waals surface area contributed by atoms with Crippen molar-refractivity contribution in [1.29, 1.82) is 0 Å². The van der Waals surface area contributed by atoms with Gasteiger partial charge in [-0.05, 0) is 24.5 Å². The summed E-state index contributed by atoms with van der Waals surface area (Å²) in [6.07, 6.45) is 10.3. The summed E-state index contributed by atoms with van der Waals surface area (Å²) in [4.78, 5) is 11.6. The van der Waals surface area contributed by atoms with Crippen LogP contribution in [0.1, 0.15) is 24.8 Å². The van der Waals surface area contributed by atoms with Gasteiger partial charge in [0.25, 0.3) is 0 Å². The Bertz CT molecular complexity index is 418. The van der Waals surface area contributed by atoms with Crippen molar-refractivity contribution in [3.05, 3.63) is 54.1 Å². The number of carbonyl (C=O) groups excluding carboxylic acids is 1. The van der Waals surface area contributed by atoms with Gasteiger partial charge in [0.05, 0.1) is 0 Å². The van der Waals surface area contributed by atoms with Crippen LogP contribution in [0.3, 0.4) is 0 Å². The van der Waals surface area contributed by atoms with E-state index < -0.39 is 0 Å². The number of hydrogen-bond donors (Lipinski definition) is 0. The van der Waals surface area contributed by atoms with Crippen LogP contribution >= 0.6 is 0 Å². The van der Waals surface area contributed by atoms with Gasteiger partial charge in [-0.1, -0.05) is 42.5 Å². The minimum Gasteiger partial charge on any atom is -0.459 e. The average molecular weight is 228 g/mol. The van der Waals surface area contributed by atoms with Gasteiger partial charge in [-0.2, -0.15) is 0 Å². The quantitative estimate of drug-likeness (QED) is 0.450. The third kappa shape index (κ3) is 3.91. The van der Waals surface area contributed by atoms with Gasteiger partial charge < -0.3 is 4.74 Å². The highest BCUT2D eigenvalue weighted by atomic mass is 16.5. The number of rotatable bonds is 3. The minimum atomic E-state index is -0.255. The van der Waals surface area contributed by atoms with Crippen molar-refractivity contribution in [2.75, 3.05) is 0 Å². The lowest BCUT2D eigenvalue weighted by Crippen LogP contribution is -2.17. The molecule has 0 saturated heterocycles.